The number of oxime groups is 1. The smallest absolute Gasteiger partial charge is 0.311 e. The third-order valence-electron chi connectivity index (χ3n) is 0.953. The minimum atomic E-state index is -0.460. The second-order valence-corrected chi connectivity index (χ2v) is 1.62. The van der Waals surface area contributed by atoms with Gasteiger partial charge < -0.3 is 15.7 Å². The van der Waals surface area contributed by atoms with Crippen LogP contribution in [0.5, 0.6) is 0 Å². The van der Waals surface area contributed by atoms with Gasteiger partial charge in [0.15, 0.2) is 0 Å². The third kappa shape index (κ3) is 3.03. The van der Waals surface area contributed by atoms with Crippen molar-refractivity contribution in [1.29, 1.82) is 0 Å². The van der Waals surface area contributed by atoms with Crippen molar-refractivity contribution in [3.05, 3.63) is 0 Å². The van der Waals surface area contributed by atoms with Crippen LogP contribution < -0.4 is 5.73 Å². The van der Waals surface area contributed by atoms with Crippen LogP contribution in [0.4, 0.5) is 0 Å². The summed E-state index contributed by atoms with van der Waals surface area (Å²) in [5.74, 6) is -0.460. The number of ether oxygens (including phenoxy) is 1. The third-order valence-corrected chi connectivity index (χ3v) is 0.953. The average Bonchev–Trinajstić information content (AvgIpc) is 1.99. The molecule has 0 saturated carbocycles. The van der Waals surface area contributed by atoms with E-state index in [1.54, 1.807) is 0 Å². The maximum Gasteiger partial charge on any atom is 0.311 e. The quantitative estimate of drug-likeness (QED) is 0.239. The van der Waals surface area contributed by atoms with Gasteiger partial charge in [0.05, 0.1) is 19.2 Å². The highest BCUT2D eigenvalue weighted by Gasteiger charge is 2.05. The summed E-state index contributed by atoms with van der Waals surface area (Å²) < 4.78 is 4.30. The molecule has 0 heterocycles. The zero-order valence-corrected chi connectivity index (χ0v) is 5.70. The number of rotatable bonds is 3. The number of methoxy groups -OCH3 is 1. The molecule has 5 heteroatoms. The number of hydrogen-bond donors (Lipinski definition) is 2. The molecule has 3 N–H and O–H groups in total. The van der Waals surface area contributed by atoms with Crippen LogP contribution >= 0.6 is 0 Å². The Morgan fingerprint density at radius 3 is 2.70 bits per heavy atom. The normalized spacial score (nSPS) is 11.2. The summed E-state index contributed by atoms with van der Waals surface area (Å²) in [7, 11) is 1.26. The first kappa shape index (κ1) is 8.90. The highest BCUT2D eigenvalue weighted by atomic mass is 16.5. The molecular formula is C5H10N2O3. The largest absolute Gasteiger partial charge is 0.469 e. The van der Waals surface area contributed by atoms with Gasteiger partial charge in [0.25, 0.3) is 0 Å². The lowest BCUT2D eigenvalue weighted by Crippen LogP contribution is -2.18. The summed E-state index contributed by atoms with van der Waals surface area (Å²) >= 11 is 0. The van der Waals surface area contributed by atoms with Gasteiger partial charge in [0, 0.05) is 6.54 Å². The predicted molar refractivity (Wildman–Crippen MR) is 34.9 cm³/mol. The van der Waals surface area contributed by atoms with Gasteiger partial charge in [-0.15, -0.1) is 0 Å². The molecule has 0 aliphatic rings. The molecule has 0 aliphatic carbocycles. The predicted octanol–water partition coefficient (Wildman–Crippen LogP) is -0.662. The van der Waals surface area contributed by atoms with Crippen molar-refractivity contribution in [3.63, 3.8) is 0 Å². The molecule has 58 valence electrons. The van der Waals surface area contributed by atoms with Gasteiger partial charge in [0.1, 0.15) is 0 Å². The molecule has 0 radical (unpaired) electrons. The maximum atomic E-state index is 10.5. The molecule has 10 heavy (non-hydrogen) atoms. The van der Waals surface area contributed by atoms with Crippen molar-refractivity contribution in [3.8, 4) is 0 Å². The van der Waals surface area contributed by atoms with Gasteiger partial charge in [-0.2, -0.15) is 0 Å². The van der Waals surface area contributed by atoms with Crippen molar-refractivity contribution < 1.29 is 14.7 Å². The van der Waals surface area contributed by atoms with Gasteiger partial charge >= 0.3 is 5.97 Å². The Kier molecular flexibility index (Phi) is 4.23. The minimum absolute atomic E-state index is 0.0521. The monoisotopic (exact) mass is 146 g/mol. The summed E-state index contributed by atoms with van der Waals surface area (Å²) in [5, 5.41) is 11.0. The topological polar surface area (TPSA) is 84.9 Å². The lowest BCUT2D eigenvalue weighted by molar-refractivity contribution is -0.139. The van der Waals surface area contributed by atoms with E-state index < -0.39 is 5.97 Å². The van der Waals surface area contributed by atoms with Crippen LogP contribution in [0.25, 0.3) is 0 Å². The maximum absolute atomic E-state index is 10.5. The standard InChI is InChI=1S/C5H10N2O3/c1-10-5(8)2-4(3-6)7-9/h9H,2-3,6H2,1H3/b7-4+. The molecule has 0 aromatic rings. The fraction of sp³-hybridized carbons (Fsp3) is 0.600. The fourth-order valence-electron chi connectivity index (χ4n) is 0.387. The van der Waals surface area contributed by atoms with Crippen molar-refractivity contribution >= 4 is 11.7 Å². The molecule has 0 rings (SSSR count). The fourth-order valence-corrected chi connectivity index (χ4v) is 0.387. The SMILES string of the molecule is COC(=O)C/C(CN)=N\O. The zero-order chi connectivity index (χ0) is 7.98. The van der Waals surface area contributed by atoms with Crippen LogP contribution in [0, 0.1) is 0 Å². The average molecular weight is 146 g/mol. The molecule has 0 spiro atoms. The summed E-state index contributed by atoms with van der Waals surface area (Å²) in [4.78, 5) is 10.5. The number of nitrogens with two attached hydrogens (primary N) is 1. The number of nitrogens with zero attached hydrogens (tertiary/aromatic N) is 1. The Hall–Kier alpha value is -1.10. The van der Waals surface area contributed by atoms with E-state index >= 15 is 0 Å². The molecule has 0 bridgehead atoms. The first-order valence-electron chi connectivity index (χ1n) is 2.71. The van der Waals surface area contributed by atoms with Gasteiger partial charge in [-0.25, -0.2) is 0 Å². The molecule has 0 aliphatic heterocycles. The molecule has 0 fully saturated rings. The number of carbonyl (C=O) groups is 1. The van der Waals surface area contributed by atoms with Crippen LogP contribution in [0.3, 0.4) is 0 Å². The molecule has 0 aromatic carbocycles. The number of carbonyl (C=O) groups excluding carboxylic acids is 1. The Morgan fingerprint density at radius 1 is 1.80 bits per heavy atom. The molecular weight excluding hydrogens is 136 g/mol. The van der Waals surface area contributed by atoms with E-state index in [1.807, 2.05) is 0 Å². The van der Waals surface area contributed by atoms with Gasteiger partial charge in [0.2, 0.25) is 0 Å². The Labute approximate surface area is 58.5 Å². The van der Waals surface area contributed by atoms with Crippen molar-refractivity contribution in [2.75, 3.05) is 13.7 Å². The van der Waals surface area contributed by atoms with E-state index in [0.717, 1.165) is 0 Å². The van der Waals surface area contributed by atoms with Crippen molar-refractivity contribution in [2.45, 2.75) is 6.42 Å². The summed E-state index contributed by atoms with van der Waals surface area (Å²) in [5.41, 5.74) is 5.30. The summed E-state index contributed by atoms with van der Waals surface area (Å²) in [6.45, 7) is 0.0611. The van der Waals surface area contributed by atoms with E-state index in [-0.39, 0.29) is 18.7 Å². The summed E-state index contributed by atoms with van der Waals surface area (Å²) in [6.07, 6.45) is -0.0521. The second-order valence-electron chi connectivity index (χ2n) is 1.62. The Bertz CT molecular complexity index is 144. The lowest BCUT2D eigenvalue weighted by atomic mass is 10.3. The Balaban J connectivity index is 3.76. The summed E-state index contributed by atoms with van der Waals surface area (Å²) in [6, 6.07) is 0. The van der Waals surface area contributed by atoms with E-state index in [1.165, 1.54) is 7.11 Å². The first-order chi connectivity index (χ1) is 4.74. The van der Waals surface area contributed by atoms with E-state index in [4.69, 9.17) is 10.9 Å². The second kappa shape index (κ2) is 4.75. The zero-order valence-electron chi connectivity index (χ0n) is 5.70. The Morgan fingerprint density at radius 2 is 2.40 bits per heavy atom. The minimum Gasteiger partial charge on any atom is -0.469 e. The van der Waals surface area contributed by atoms with Crippen LogP contribution in [0.1, 0.15) is 6.42 Å². The lowest BCUT2D eigenvalue weighted by Gasteiger charge is -1.97. The van der Waals surface area contributed by atoms with Crippen LogP contribution in [-0.2, 0) is 9.53 Å². The molecule has 0 saturated heterocycles. The molecule has 0 aromatic heterocycles. The van der Waals surface area contributed by atoms with Crippen LogP contribution in [0.2, 0.25) is 0 Å². The van der Waals surface area contributed by atoms with E-state index in [9.17, 15) is 4.79 Å². The highest BCUT2D eigenvalue weighted by Crippen LogP contribution is 1.86. The highest BCUT2D eigenvalue weighted by molar-refractivity contribution is 5.99. The molecule has 5 nitrogen and oxygen atoms in total. The van der Waals surface area contributed by atoms with Crippen LogP contribution in [0.15, 0.2) is 5.16 Å². The van der Waals surface area contributed by atoms with Gasteiger partial charge in [-0.3, -0.25) is 4.79 Å². The van der Waals surface area contributed by atoms with Crippen molar-refractivity contribution in [1.82, 2.24) is 0 Å². The molecule has 0 atom stereocenters. The van der Waals surface area contributed by atoms with Crippen molar-refractivity contribution in [2.24, 2.45) is 10.9 Å². The molecule has 0 amide bonds. The number of esters is 1. The van der Waals surface area contributed by atoms with Gasteiger partial charge in [-0.1, -0.05) is 5.16 Å². The number of hydrogen-bond acceptors (Lipinski definition) is 5. The van der Waals surface area contributed by atoms with E-state index in [0.29, 0.717) is 0 Å². The first-order valence-corrected chi connectivity index (χ1v) is 2.71. The molecule has 0 unspecified atom stereocenters. The van der Waals surface area contributed by atoms with Gasteiger partial charge in [-0.05, 0) is 0 Å². The van der Waals surface area contributed by atoms with E-state index in [2.05, 4.69) is 9.89 Å². The van der Waals surface area contributed by atoms with Crippen LogP contribution in [-0.4, -0.2) is 30.5 Å².